The van der Waals surface area contributed by atoms with Gasteiger partial charge in [-0.25, -0.2) is 0 Å². The molecule has 3 rings (SSSR count). The number of nitro groups is 1. The minimum atomic E-state index is -0.684. The molecule has 1 amide bonds. The average molecular weight is 422 g/mol. The highest BCUT2D eigenvalue weighted by atomic mass is 16.6. The highest BCUT2D eigenvalue weighted by Crippen LogP contribution is 2.39. The molecular weight excluding hydrogens is 400 g/mol. The molecule has 2 aromatic heterocycles. The number of amides is 1. The van der Waals surface area contributed by atoms with Crippen LogP contribution in [0.4, 0.5) is 5.69 Å². The first-order valence-corrected chi connectivity index (χ1v) is 9.71. The zero-order chi connectivity index (χ0) is 22.5. The van der Waals surface area contributed by atoms with E-state index in [1.54, 1.807) is 24.6 Å². The van der Waals surface area contributed by atoms with Gasteiger partial charge in [-0.1, -0.05) is 13.0 Å². The fourth-order valence-corrected chi connectivity index (χ4v) is 3.36. The third-order valence-corrected chi connectivity index (χ3v) is 4.91. The van der Waals surface area contributed by atoms with E-state index in [-0.39, 0.29) is 23.6 Å². The molecule has 0 aliphatic heterocycles. The third-order valence-electron chi connectivity index (χ3n) is 4.91. The Bertz CT molecular complexity index is 1120. The van der Waals surface area contributed by atoms with Gasteiger partial charge in [0.1, 0.15) is 0 Å². The maximum atomic E-state index is 12.3. The molecule has 0 fully saturated rings. The lowest BCUT2D eigenvalue weighted by molar-refractivity contribution is -0.384. The quantitative estimate of drug-likeness (QED) is 0.336. The van der Waals surface area contributed by atoms with Crippen LogP contribution in [-0.2, 0) is 17.8 Å². The fraction of sp³-hybridized carbons (Fsp3) is 0.227. The average Bonchev–Trinajstić information content (AvgIpc) is 3.04. The van der Waals surface area contributed by atoms with E-state index >= 15 is 0 Å². The first kappa shape index (κ1) is 21.7. The van der Waals surface area contributed by atoms with Gasteiger partial charge in [0.15, 0.2) is 0 Å². The van der Waals surface area contributed by atoms with Gasteiger partial charge in [-0.05, 0) is 36.8 Å². The Morgan fingerprint density at radius 1 is 1.19 bits per heavy atom. The molecule has 1 aromatic carbocycles. The van der Waals surface area contributed by atoms with Gasteiger partial charge in [-0.2, -0.15) is 0 Å². The van der Waals surface area contributed by atoms with Gasteiger partial charge >= 0.3 is 5.97 Å². The van der Waals surface area contributed by atoms with Crippen LogP contribution in [0.15, 0.2) is 48.7 Å². The van der Waals surface area contributed by atoms with Crippen molar-refractivity contribution in [3.8, 4) is 17.0 Å². The predicted octanol–water partition coefficient (Wildman–Crippen LogP) is 3.42. The molecule has 2 heterocycles. The summed E-state index contributed by atoms with van der Waals surface area (Å²) in [6, 6.07) is 11.2. The number of rotatable bonds is 8. The lowest BCUT2D eigenvalue weighted by atomic mass is 10.0. The van der Waals surface area contributed by atoms with Gasteiger partial charge in [0.25, 0.3) is 11.6 Å². The third kappa shape index (κ3) is 4.61. The van der Waals surface area contributed by atoms with Crippen LogP contribution >= 0.6 is 0 Å². The SMILES string of the molecule is CCC(=O)Oc1c(-c2ccc([N+](=O)[O-])cc2)c(C(N)=O)c(C)n1CCc1ccccn1. The van der Waals surface area contributed by atoms with E-state index in [1.165, 1.54) is 24.3 Å². The summed E-state index contributed by atoms with van der Waals surface area (Å²) < 4.78 is 7.34. The fourth-order valence-electron chi connectivity index (χ4n) is 3.36. The predicted molar refractivity (Wildman–Crippen MR) is 114 cm³/mol. The Morgan fingerprint density at radius 2 is 1.90 bits per heavy atom. The highest BCUT2D eigenvalue weighted by Gasteiger charge is 2.27. The number of ether oxygens (including phenoxy) is 1. The number of primary amides is 1. The smallest absolute Gasteiger partial charge is 0.312 e. The van der Waals surface area contributed by atoms with E-state index in [1.807, 2.05) is 18.2 Å². The van der Waals surface area contributed by atoms with Crippen molar-refractivity contribution in [3.05, 3.63) is 75.7 Å². The van der Waals surface area contributed by atoms with E-state index in [0.717, 1.165) is 5.69 Å². The Kier molecular flexibility index (Phi) is 6.44. The van der Waals surface area contributed by atoms with Gasteiger partial charge in [-0.3, -0.25) is 24.7 Å². The number of pyridine rings is 1. The van der Waals surface area contributed by atoms with Crippen molar-refractivity contribution >= 4 is 17.6 Å². The second-order valence-corrected chi connectivity index (χ2v) is 6.86. The van der Waals surface area contributed by atoms with Crippen LogP contribution in [0.2, 0.25) is 0 Å². The highest BCUT2D eigenvalue weighted by molar-refractivity contribution is 6.03. The number of hydrogen-bond donors (Lipinski definition) is 1. The molecular formula is C22H22N4O5. The molecule has 9 nitrogen and oxygen atoms in total. The van der Waals surface area contributed by atoms with Crippen molar-refractivity contribution in [2.24, 2.45) is 5.73 Å². The summed E-state index contributed by atoms with van der Waals surface area (Å²) in [5.41, 5.74) is 7.97. The van der Waals surface area contributed by atoms with Crippen molar-refractivity contribution < 1.29 is 19.2 Å². The summed E-state index contributed by atoms with van der Waals surface area (Å²) in [4.78, 5) is 39.3. The number of carbonyl (C=O) groups excluding carboxylic acids is 2. The van der Waals surface area contributed by atoms with Gasteiger partial charge in [-0.15, -0.1) is 0 Å². The van der Waals surface area contributed by atoms with Gasteiger partial charge < -0.3 is 15.0 Å². The standard InChI is InChI=1S/C22H22N4O5/c1-3-18(27)31-22-20(15-7-9-17(10-8-15)26(29)30)19(21(23)28)14(2)25(22)13-11-16-6-4-5-12-24-16/h4-10,12H,3,11,13H2,1-2H3,(H2,23,28). The second kappa shape index (κ2) is 9.21. The van der Waals surface area contributed by atoms with Crippen LogP contribution in [0.25, 0.3) is 11.1 Å². The van der Waals surface area contributed by atoms with Crippen LogP contribution in [0.1, 0.15) is 35.1 Å². The molecule has 3 aromatic rings. The molecule has 0 aliphatic rings. The van der Waals surface area contributed by atoms with Crippen LogP contribution in [-0.4, -0.2) is 26.4 Å². The van der Waals surface area contributed by atoms with Crippen molar-refractivity contribution in [1.29, 1.82) is 0 Å². The van der Waals surface area contributed by atoms with E-state index in [9.17, 15) is 19.7 Å². The van der Waals surface area contributed by atoms with Crippen LogP contribution in [0.5, 0.6) is 5.88 Å². The first-order valence-electron chi connectivity index (χ1n) is 9.71. The largest absolute Gasteiger partial charge is 0.409 e. The van der Waals surface area contributed by atoms with Crippen LogP contribution in [0, 0.1) is 17.0 Å². The lowest BCUT2D eigenvalue weighted by Crippen LogP contribution is -2.14. The monoisotopic (exact) mass is 422 g/mol. The molecule has 2 N–H and O–H groups in total. The summed E-state index contributed by atoms with van der Waals surface area (Å²) in [5.74, 6) is -0.977. The Hall–Kier alpha value is -4.01. The zero-order valence-electron chi connectivity index (χ0n) is 17.2. The number of nitro benzene ring substituents is 1. The maximum Gasteiger partial charge on any atom is 0.312 e. The molecule has 0 aliphatic carbocycles. The second-order valence-electron chi connectivity index (χ2n) is 6.86. The van der Waals surface area contributed by atoms with Gasteiger partial charge in [0.2, 0.25) is 5.88 Å². The van der Waals surface area contributed by atoms with Crippen LogP contribution in [0.3, 0.4) is 0 Å². The van der Waals surface area contributed by atoms with E-state index < -0.39 is 16.8 Å². The molecule has 9 heteroatoms. The summed E-state index contributed by atoms with van der Waals surface area (Å²) >= 11 is 0. The van der Waals surface area contributed by atoms with Gasteiger partial charge in [0.05, 0.1) is 16.1 Å². The Balaban J connectivity index is 2.15. The first-order chi connectivity index (χ1) is 14.8. The number of carbonyl (C=O) groups is 2. The molecule has 160 valence electrons. The van der Waals surface area contributed by atoms with E-state index in [2.05, 4.69) is 4.98 Å². The summed E-state index contributed by atoms with van der Waals surface area (Å²) in [5, 5.41) is 11.0. The maximum absolute atomic E-state index is 12.3. The molecule has 0 saturated carbocycles. The lowest BCUT2D eigenvalue weighted by Gasteiger charge is -2.12. The molecule has 0 atom stereocenters. The topological polar surface area (TPSA) is 130 Å². The number of aromatic nitrogens is 2. The minimum Gasteiger partial charge on any atom is -0.409 e. The molecule has 0 unspecified atom stereocenters. The van der Waals surface area contributed by atoms with Gasteiger partial charge in [0, 0.05) is 49.1 Å². The van der Waals surface area contributed by atoms with Crippen molar-refractivity contribution in [3.63, 3.8) is 0 Å². The summed E-state index contributed by atoms with van der Waals surface area (Å²) in [7, 11) is 0. The number of non-ortho nitro benzene ring substituents is 1. The van der Waals surface area contributed by atoms with Crippen molar-refractivity contribution in [2.45, 2.75) is 33.2 Å². The number of nitrogens with two attached hydrogens (primary N) is 1. The molecule has 31 heavy (non-hydrogen) atoms. The zero-order valence-corrected chi connectivity index (χ0v) is 17.2. The molecule has 0 saturated heterocycles. The summed E-state index contributed by atoms with van der Waals surface area (Å²) in [6.45, 7) is 3.77. The van der Waals surface area contributed by atoms with E-state index in [0.29, 0.717) is 29.8 Å². The molecule has 0 bridgehead atoms. The van der Waals surface area contributed by atoms with E-state index in [4.69, 9.17) is 10.5 Å². The number of benzene rings is 1. The van der Waals surface area contributed by atoms with Crippen molar-refractivity contribution in [2.75, 3.05) is 0 Å². The summed E-state index contributed by atoms with van der Waals surface area (Å²) in [6.07, 6.45) is 2.36. The normalized spacial score (nSPS) is 10.6. The van der Waals surface area contributed by atoms with Crippen molar-refractivity contribution in [1.82, 2.24) is 9.55 Å². The number of aryl methyl sites for hydroxylation is 1. The molecule has 0 radical (unpaired) electrons. The molecule has 0 spiro atoms. The Morgan fingerprint density at radius 3 is 2.45 bits per heavy atom. The number of esters is 1. The van der Waals surface area contributed by atoms with Crippen LogP contribution < -0.4 is 10.5 Å². The Labute approximate surface area is 178 Å². The number of hydrogen-bond acceptors (Lipinski definition) is 6. The number of nitrogens with zero attached hydrogens (tertiary/aromatic N) is 3. The minimum absolute atomic E-state index is 0.0946.